The van der Waals surface area contributed by atoms with E-state index in [2.05, 4.69) is 10.6 Å². The Bertz CT molecular complexity index is 784. The van der Waals surface area contributed by atoms with Crippen molar-refractivity contribution < 1.29 is 9.53 Å². The molecule has 0 unspecified atom stereocenters. The zero-order valence-electron chi connectivity index (χ0n) is 14.7. The molecule has 0 saturated heterocycles. The summed E-state index contributed by atoms with van der Waals surface area (Å²) in [7, 11) is 1.37. The number of hydrogen-bond acceptors (Lipinski definition) is 4. The quantitative estimate of drug-likeness (QED) is 0.395. The maximum atomic E-state index is 11.7. The van der Waals surface area contributed by atoms with Gasteiger partial charge < -0.3 is 15.4 Å². The van der Waals surface area contributed by atoms with E-state index in [9.17, 15) is 4.79 Å². The topological polar surface area (TPSA) is 50.4 Å². The minimum atomic E-state index is -0.360. The predicted octanol–water partition coefficient (Wildman–Crippen LogP) is 4.65. The van der Waals surface area contributed by atoms with Gasteiger partial charge in [0.25, 0.3) is 0 Å². The molecule has 2 rings (SSSR count). The molecule has 4 nitrogen and oxygen atoms in total. The van der Waals surface area contributed by atoms with Gasteiger partial charge in [0.05, 0.1) is 12.7 Å². The predicted molar refractivity (Wildman–Crippen MR) is 114 cm³/mol. The van der Waals surface area contributed by atoms with E-state index >= 15 is 0 Å². The van der Waals surface area contributed by atoms with Gasteiger partial charge in [-0.1, -0.05) is 35.9 Å². The first-order chi connectivity index (χ1) is 12.5. The molecule has 0 aliphatic carbocycles. The van der Waals surface area contributed by atoms with Crippen LogP contribution in [0.5, 0.6) is 0 Å². The molecule has 0 saturated carbocycles. The summed E-state index contributed by atoms with van der Waals surface area (Å²) in [4.78, 5) is 11.7. The number of thiocarbonyl (C=S) groups is 1. The number of carbonyl (C=O) groups is 1. The molecule has 0 bridgehead atoms. The average molecular weight is 409 g/mol. The van der Waals surface area contributed by atoms with Crippen molar-refractivity contribution in [3.63, 3.8) is 0 Å². The highest BCUT2D eigenvalue weighted by Crippen LogP contribution is 2.21. The number of esters is 1. The third-order valence-electron chi connectivity index (χ3n) is 3.73. The van der Waals surface area contributed by atoms with Crippen LogP contribution in [0, 0.1) is 6.92 Å². The molecule has 2 N–H and O–H groups in total. The van der Waals surface area contributed by atoms with Gasteiger partial charge in [0.15, 0.2) is 5.11 Å². The monoisotopic (exact) mass is 408 g/mol. The fraction of sp³-hybridized carbons (Fsp3) is 0.263. The molecular formula is C19H21ClN2O2S2. The summed E-state index contributed by atoms with van der Waals surface area (Å²) in [6.45, 7) is 2.59. The van der Waals surface area contributed by atoms with Gasteiger partial charge >= 0.3 is 5.97 Å². The van der Waals surface area contributed by atoms with Crippen molar-refractivity contribution >= 4 is 52.3 Å². The van der Waals surface area contributed by atoms with Crippen molar-refractivity contribution in [1.29, 1.82) is 0 Å². The molecular weight excluding hydrogens is 388 g/mol. The van der Waals surface area contributed by atoms with Crippen LogP contribution in [-0.4, -0.2) is 30.5 Å². The maximum absolute atomic E-state index is 11.7. The number of thioether (sulfide) groups is 1. The Morgan fingerprint density at radius 1 is 1.23 bits per heavy atom. The zero-order valence-corrected chi connectivity index (χ0v) is 17.1. The van der Waals surface area contributed by atoms with E-state index < -0.39 is 0 Å². The Balaban J connectivity index is 1.77. The van der Waals surface area contributed by atoms with Crippen LogP contribution in [0.2, 0.25) is 5.02 Å². The van der Waals surface area contributed by atoms with Crippen LogP contribution in [0.25, 0.3) is 0 Å². The molecule has 0 heterocycles. The Morgan fingerprint density at radius 3 is 2.73 bits per heavy atom. The number of rotatable bonds is 7. The van der Waals surface area contributed by atoms with Crippen molar-refractivity contribution in [2.24, 2.45) is 0 Å². The van der Waals surface area contributed by atoms with Gasteiger partial charge in [-0.15, -0.1) is 0 Å². The Hall–Kier alpha value is -1.76. The fourth-order valence-electron chi connectivity index (χ4n) is 2.30. The maximum Gasteiger partial charge on any atom is 0.338 e. The Kier molecular flexibility index (Phi) is 8.22. The third kappa shape index (κ3) is 5.90. The summed E-state index contributed by atoms with van der Waals surface area (Å²) < 4.78 is 4.79. The molecule has 2 aromatic carbocycles. The van der Waals surface area contributed by atoms with Crippen LogP contribution in [0.15, 0.2) is 42.5 Å². The average Bonchev–Trinajstić information content (AvgIpc) is 2.64. The lowest BCUT2D eigenvalue weighted by Gasteiger charge is -2.14. The lowest BCUT2D eigenvalue weighted by atomic mass is 10.1. The first kappa shape index (κ1) is 20.6. The van der Waals surface area contributed by atoms with Gasteiger partial charge in [-0.3, -0.25) is 0 Å². The van der Waals surface area contributed by atoms with E-state index in [1.807, 2.05) is 37.3 Å². The number of methoxy groups -OCH3 is 1. The van der Waals surface area contributed by atoms with Gasteiger partial charge in [0, 0.05) is 28.8 Å². The van der Waals surface area contributed by atoms with Crippen molar-refractivity contribution in [2.45, 2.75) is 12.7 Å². The minimum absolute atomic E-state index is 0.360. The van der Waals surface area contributed by atoms with Gasteiger partial charge in [-0.25, -0.2) is 4.79 Å². The lowest BCUT2D eigenvalue weighted by Crippen LogP contribution is -2.30. The Labute approximate surface area is 168 Å². The molecule has 0 spiro atoms. The molecule has 0 fully saturated rings. The number of nitrogens with one attached hydrogen (secondary N) is 2. The molecule has 0 aromatic heterocycles. The summed E-state index contributed by atoms with van der Waals surface area (Å²) in [6.07, 6.45) is 0. The second-order valence-corrected chi connectivity index (χ2v) is 7.42. The van der Waals surface area contributed by atoms with E-state index in [1.54, 1.807) is 23.9 Å². The molecule has 7 heteroatoms. The summed E-state index contributed by atoms with van der Waals surface area (Å²) in [5.74, 6) is 1.40. The number of benzene rings is 2. The van der Waals surface area contributed by atoms with Crippen molar-refractivity contribution in [3.05, 3.63) is 64.2 Å². The second-order valence-electron chi connectivity index (χ2n) is 5.49. The number of anilines is 1. The molecule has 0 aliphatic heterocycles. The second kappa shape index (κ2) is 10.4. The van der Waals surface area contributed by atoms with Crippen LogP contribution < -0.4 is 10.6 Å². The lowest BCUT2D eigenvalue weighted by molar-refractivity contribution is 0.0600. The molecule has 138 valence electrons. The van der Waals surface area contributed by atoms with Crippen molar-refractivity contribution in [3.8, 4) is 0 Å². The van der Waals surface area contributed by atoms with Crippen molar-refractivity contribution in [1.82, 2.24) is 5.32 Å². The van der Waals surface area contributed by atoms with Gasteiger partial charge in [-0.2, -0.15) is 11.8 Å². The van der Waals surface area contributed by atoms with Gasteiger partial charge in [0.1, 0.15) is 0 Å². The first-order valence-corrected chi connectivity index (χ1v) is 10.0. The fourth-order valence-corrected chi connectivity index (χ4v) is 3.66. The molecule has 0 atom stereocenters. The SMILES string of the molecule is COC(=O)c1cccc(NC(=S)NCCSCc2ccccc2Cl)c1C. The summed E-state index contributed by atoms with van der Waals surface area (Å²) >= 11 is 13.3. The van der Waals surface area contributed by atoms with E-state index in [0.717, 1.165) is 39.9 Å². The number of carbonyl (C=O) groups excluding carboxylic acids is 1. The van der Waals surface area contributed by atoms with Gasteiger partial charge in [-0.05, 0) is 48.5 Å². The van der Waals surface area contributed by atoms with Crippen LogP contribution in [-0.2, 0) is 10.5 Å². The largest absolute Gasteiger partial charge is 0.465 e. The molecule has 0 aliphatic rings. The molecule has 26 heavy (non-hydrogen) atoms. The molecule has 0 radical (unpaired) electrons. The van der Waals surface area contributed by atoms with E-state index in [0.29, 0.717) is 10.7 Å². The van der Waals surface area contributed by atoms with E-state index in [1.165, 1.54) is 7.11 Å². The smallest absolute Gasteiger partial charge is 0.338 e. The van der Waals surface area contributed by atoms with E-state index in [4.69, 9.17) is 28.6 Å². The first-order valence-electron chi connectivity index (χ1n) is 8.07. The molecule has 0 amide bonds. The van der Waals surface area contributed by atoms with E-state index in [-0.39, 0.29) is 5.97 Å². The van der Waals surface area contributed by atoms with Gasteiger partial charge in [0.2, 0.25) is 0 Å². The summed E-state index contributed by atoms with van der Waals surface area (Å²) in [6, 6.07) is 13.3. The highest BCUT2D eigenvalue weighted by molar-refractivity contribution is 7.98. The van der Waals surface area contributed by atoms with Crippen LogP contribution in [0.1, 0.15) is 21.5 Å². The Morgan fingerprint density at radius 2 is 2.00 bits per heavy atom. The summed E-state index contributed by atoms with van der Waals surface area (Å²) in [5, 5.41) is 7.62. The number of hydrogen-bond donors (Lipinski definition) is 2. The summed E-state index contributed by atoms with van der Waals surface area (Å²) in [5.41, 5.74) is 3.25. The highest BCUT2D eigenvalue weighted by atomic mass is 35.5. The number of ether oxygens (including phenoxy) is 1. The minimum Gasteiger partial charge on any atom is -0.465 e. The highest BCUT2D eigenvalue weighted by Gasteiger charge is 2.12. The molecule has 2 aromatic rings. The number of halogens is 1. The standard InChI is InChI=1S/C19H21ClN2O2S2/c1-13-15(18(23)24-2)7-5-9-17(13)22-19(25)21-10-11-26-12-14-6-3-4-8-16(14)20/h3-9H,10-12H2,1-2H3,(H2,21,22,25). The zero-order chi connectivity index (χ0) is 18.9. The van der Waals surface area contributed by atoms with Crippen molar-refractivity contribution in [2.75, 3.05) is 24.7 Å². The normalized spacial score (nSPS) is 10.3. The van der Waals surface area contributed by atoms with Crippen LogP contribution in [0.4, 0.5) is 5.69 Å². The third-order valence-corrected chi connectivity index (χ3v) is 5.36. The van der Waals surface area contributed by atoms with Crippen LogP contribution in [0.3, 0.4) is 0 Å². The van der Waals surface area contributed by atoms with Crippen LogP contribution >= 0.6 is 35.6 Å².